The number of benzene rings is 2. The molecule has 30 heavy (non-hydrogen) atoms. The van der Waals surface area contributed by atoms with Crippen molar-refractivity contribution in [2.75, 3.05) is 0 Å². The van der Waals surface area contributed by atoms with Crippen LogP contribution >= 0.6 is 0 Å². The van der Waals surface area contributed by atoms with Crippen LogP contribution in [-0.2, 0) is 0 Å². The lowest BCUT2D eigenvalue weighted by atomic mass is 10.00. The molecule has 1 N–H and O–H groups in total. The van der Waals surface area contributed by atoms with Gasteiger partial charge in [-0.3, -0.25) is 9.78 Å². The SMILES string of the molecule is Cc1cccc(-n2ncc3cc(-c4cc(C(=O)NC5CC5)cc(F)c4C)ncc32)c1. The molecule has 0 saturated heterocycles. The minimum Gasteiger partial charge on any atom is -0.349 e. The molecule has 0 bridgehead atoms. The van der Waals surface area contributed by atoms with Gasteiger partial charge in [0, 0.05) is 22.6 Å². The summed E-state index contributed by atoms with van der Waals surface area (Å²) in [6, 6.07) is 13.2. The molecule has 6 heteroatoms. The van der Waals surface area contributed by atoms with Crippen molar-refractivity contribution in [2.24, 2.45) is 0 Å². The van der Waals surface area contributed by atoms with Gasteiger partial charge in [-0.2, -0.15) is 5.10 Å². The Morgan fingerprint density at radius 3 is 2.73 bits per heavy atom. The molecule has 150 valence electrons. The average molecular weight is 400 g/mol. The summed E-state index contributed by atoms with van der Waals surface area (Å²) in [6.07, 6.45) is 5.48. The van der Waals surface area contributed by atoms with Gasteiger partial charge in [0.1, 0.15) is 5.82 Å². The Morgan fingerprint density at radius 1 is 1.13 bits per heavy atom. The zero-order chi connectivity index (χ0) is 20.8. The zero-order valence-electron chi connectivity index (χ0n) is 16.8. The summed E-state index contributed by atoms with van der Waals surface area (Å²) in [7, 11) is 0. The molecule has 5 rings (SSSR count). The summed E-state index contributed by atoms with van der Waals surface area (Å²) in [5.41, 5.74) is 4.98. The highest BCUT2D eigenvalue weighted by atomic mass is 19.1. The second-order valence-electron chi connectivity index (χ2n) is 7.90. The van der Waals surface area contributed by atoms with E-state index in [1.165, 1.54) is 6.07 Å². The molecule has 1 saturated carbocycles. The highest BCUT2D eigenvalue weighted by Crippen LogP contribution is 2.29. The van der Waals surface area contributed by atoms with Gasteiger partial charge in [-0.25, -0.2) is 9.07 Å². The van der Waals surface area contributed by atoms with Crippen LogP contribution in [0, 0.1) is 19.7 Å². The van der Waals surface area contributed by atoms with Crippen LogP contribution in [0.2, 0.25) is 0 Å². The van der Waals surface area contributed by atoms with Crippen molar-refractivity contribution in [1.29, 1.82) is 0 Å². The van der Waals surface area contributed by atoms with E-state index >= 15 is 0 Å². The van der Waals surface area contributed by atoms with Crippen LogP contribution in [0.15, 0.2) is 54.9 Å². The minimum atomic E-state index is -0.411. The third-order valence-corrected chi connectivity index (χ3v) is 5.50. The number of aromatic nitrogens is 3. The predicted molar refractivity (Wildman–Crippen MR) is 114 cm³/mol. The third-order valence-electron chi connectivity index (χ3n) is 5.50. The lowest BCUT2D eigenvalue weighted by Gasteiger charge is -2.11. The zero-order valence-corrected chi connectivity index (χ0v) is 16.8. The Labute approximate surface area is 173 Å². The first-order valence-electron chi connectivity index (χ1n) is 10.0. The molecule has 0 unspecified atom stereocenters. The second kappa shape index (κ2) is 7.06. The van der Waals surface area contributed by atoms with Crippen molar-refractivity contribution in [3.63, 3.8) is 0 Å². The number of fused-ring (bicyclic) bond motifs is 1. The lowest BCUT2D eigenvalue weighted by Crippen LogP contribution is -2.25. The standard InChI is InChI=1S/C24H21FN4O/c1-14-4-3-5-19(8-14)29-23-13-26-22(11-17(23)12-27-29)20-9-16(10-21(25)15(20)2)24(30)28-18-6-7-18/h3-5,8-13,18H,6-7H2,1-2H3,(H,28,30). The van der Waals surface area contributed by atoms with E-state index in [-0.39, 0.29) is 11.9 Å². The topological polar surface area (TPSA) is 59.8 Å². The molecule has 2 heterocycles. The maximum Gasteiger partial charge on any atom is 0.251 e. The van der Waals surface area contributed by atoms with Gasteiger partial charge in [-0.05, 0) is 68.1 Å². The fourth-order valence-electron chi connectivity index (χ4n) is 3.61. The number of carbonyl (C=O) groups excluding carboxylic acids is 1. The van der Waals surface area contributed by atoms with Crippen molar-refractivity contribution in [3.8, 4) is 16.9 Å². The van der Waals surface area contributed by atoms with Gasteiger partial charge in [-0.1, -0.05) is 12.1 Å². The van der Waals surface area contributed by atoms with E-state index in [0.29, 0.717) is 22.4 Å². The minimum absolute atomic E-state index is 0.215. The van der Waals surface area contributed by atoms with Gasteiger partial charge in [0.15, 0.2) is 0 Å². The molecule has 0 atom stereocenters. The highest BCUT2D eigenvalue weighted by molar-refractivity contribution is 5.96. The highest BCUT2D eigenvalue weighted by Gasteiger charge is 2.24. The van der Waals surface area contributed by atoms with Crippen LogP contribution in [0.5, 0.6) is 0 Å². The van der Waals surface area contributed by atoms with E-state index in [2.05, 4.69) is 21.5 Å². The van der Waals surface area contributed by atoms with Crippen molar-refractivity contribution in [1.82, 2.24) is 20.1 Å². The van der Waals surface area contributed by atoms with Gasteiger partial charge in [-0.15, -0.1) is 0 Å². The van der Waals surface area contributed by atoms with Crippen LogP contribution in [0.4, 0.5) is 4.39 Å². The van der Waals surface area contributed by atoms with Crippen molar-refractivity contribution >= 4 is 16.8 Å². The maximum atomic E-state index is 14.6. The fourth-order valence-corrected chi connectivity index (χ4v) is 3.61. The van der Waals surface area contributed by atoms with Crippen molar-refractivity contribution < 1.29 is 9.18 Å². The number of hydrogen-bond donors (Lipinski definition) is 1. The first kappa shape index (κ1) is 18.5. The Kier molecular flexibility index (Phi) is 4.35. The predicted octanol–water partition coefficient (Wildman–Crippen LogP) is 4.74. The van der Waals surface area contributed by atoms with Crippen molar-refractivity contribution in [3.05, 3.63) is 77.4 Å². The van der Waals surface area contributed by atoms with E-state index in [9.17, 15) is 9.18 Å². The van der Waals surface area contributed by atoms with Gasteiger partial charge >= 0.3 is 0 Å². The van der Waals surface area contributed by atoms with Gasteiger partial charge in [0.05, 0.1) is 29.3 Å². The van der Waals surface area contributed by atoms with E-state index < -0.39 is 5.82 Å². The number of halogens is 1. The lowest BCUT2D eigenvalue weighted by molar-refractivity contribution is 0.0950. The first-order chi connectivity index (χ1) is 14.5. The molecule has 2 aromatic heterocycles. The van der Waals surface area contributed by atoms with E-state index in [1.54, 1.807) is 25.4 Å². The summed E-state index contributed by atoms with van der Waals surface area (Å²) in [5.74, 6) is -0.656. The van der Waals surface area contributed by atoms with E-state index in [4.69, 9.17) is 0 Å². The smallest absolute Gasteiger partial charge is 0.251 e. The molecule has 5 nitrogen and oxygen atoms in total. The number of carbonyl (C=O) groups is 1. The molecule has 2 aromatic carbocycles. The number of rotatable bonds is 4. The van der Waals surface area contributed by atoms with Gasteiger partial charge in [0.2, 0.25) is 0 Å². The molecular formula is C24H21FN4O. The number of nitrogens with zero attached hydrogens (tertiary/aromatic N) is 3. The molecule has 1 aliphatic rings. The molecule has 0 aliphatic heterocycles. The second-order valence-corrected chi connectivity index (χ2v) is 7.90. The van der Waals surface area contributed by atoms with Crippen LogP contribution in [-0.4, -0.2) is 26.7 Å². The monoisotopic (exact) mass is 400 g/mol. The fraction of sp³-hybridized carbons (Fsp3) is 0.208. The Morgan fingerprint density at radius 2 is 1.97 bits per heavy atom. The Balaban J connectivity index is 1.56. The van der Waals surface area contributed by atoms with Crippen LogP contribution in [0.1, 0.15) is 34.3 Å². The van der Waals surface area contributed by atoms with E-state index in [1.807, 2.05) is 35.9 Å². The number of pyridine rings is 1. The number of amides is 1. The third kappa shape index (κ3) is 3.34. The normalized spacial score (nSPS) is 13.6. The molecule has 0 spiro atoms. The summed E-state index contributed by atoms with van der Waals surface area (Å²) < 4.78 is 16.4. The van der Waals surface area contributed by atoms with Crippen molar-refractivity contribution in [2.45, 2.75) is 32.7 Å². The molecule has 1 aliphatic carbocycles. The average Bonchev–Trinajstić information content (AvgIpc) is 3.45. The molecule has 0 radical (unpaired) electrons. The molecule has 4 aromatic rings. The van der Waals surface area contributed by atoms with E-state index in [0.717, 1.165) is 35.0 Å². The number of nitrogens with one attached hydrogen (secondary N) is 1. The Hall–Kier alpha value is -3.54. The first-order valence-corrected chi connectivity index (χ1v) is 10.0. The molecule has 1 fully saturated rings. The summed E-state index contributed by atoms with van der Waals surface area (Å²) in [5, 5.41) is 8.31. The van der Waals surface area contributed by atoms with Gasteiger partial charge in [0.25, 0.3) is 5.91 Å². The van der Waals surface area contributed by atoms with Crippen LogP contribution < -0.4 is 5.32 Å². The van der Waals surface area contributed by atoms with Crippen LogP contribution in [0.3, 0.4) is 0 Å². The summed E-state index contributed by atoms with van der Waals surface area (Å²) in [4.78, 5) is 17.0. The summed E-state index contributed by atoms with van der Waals surface area (Å²) >= 11 is 0. The molecule has 1 amide bonds. The molecular weight excluding hydrogens is 379 g/mol. The largest absolute Gasteiger partial charge is 0.349 e. The van der Waals surface area contributed by atoms with Crippen LogP contribution in [0.25, 0.3) is 27.8 Å². The summed E-state index contributed by atoms with van der Waals surface area (Å²) in [6.45, 7) is 3.74. The Bertz CT molecular complexity index is 1290. The number of hydrogen-bond acceptors (Lipinski definition) is 3. The number of aryl methyl sites for hydroxylation is 1. The quantitative estimate of drug-likeness (QED) is 0.538. The maximum absolute atomic E-state index is 14.6. The van der Waals surface area contributed by atoms with Gasteiger partial charge < -0.3 is 5.32 Å².